The van der Waals surface area contributed by atoms with Crippen LogP contribution in [0.15, 0.2) is 71.6 Å². The van der Waals surface area contributed by atoms with E-state index in [2.05, 4.69) is 5.32 Å². The summed E-state index contributed by atoms with van der Waals surface area (Å²) in [6.07, 6.45) is -4.47. The Labute approximate surface area is 189 Å². The smallest absolute Gasteiger partial charge is 0.416 e. The van der Waals surface area contributed by atoms with Gasteiger partial charge in [-0.3, -0.25) is 4.79 Å². The standard InChI is InChI=1S/C23H21F3N2O4S/c1-28(2)33(30,31)17-12-13-21(32-3)20(14-17)27-22(29)19-7-5-4-6-18(19)15-8-10-16(11-9-15)23(24,25)26/h4-14H,1-3H3,(H,27,29). The number of hydrogen-bond donors (Lipinski definition) is 1. The van der Waals surface area contributed by atoms with Gasteiger partial charge in [-0.25, -0.2) is 12.7 Å². The van der Waals surface area contributed by atoms with Gasteiger partial charge in [0, 0.05) is 19.7 Å². The molecule has 0 aliphatic carbocycles. The van der Waals surface area contributed by atoms with E-state index in [0.717, 1.165) is 16.4 Å². The lowest BCUT2D eigenvalue weighted by molar-refractivity contribution is -0.137. The Morgan fingerprint density at radius 3 is 2.18 bits per heavy atom. The molecule has 0 atom stereocenters. The molecule has 0 saturated heterocycles. The van der Waals surface area contributed by atoms with Crippen molar-refractivity contribution in [2.45, 2.75) is 11.1 Å². The Kier molecular flexibility index (Phi) is 6.80. The average molecular weight is 478 g/mol. The number of alkyl halides is 3. The second-order valence-electron chi connectivity index (χ2n) is 7.22. The molecule has 6 nitrogen and oxygen atoms in total. The van der Waals surface area contributed by atoms with Gasteiger partial charge in [-0.05, 0) is 47.5 Å². The van der Waals surface area contributed by atoms with Gasteiger partial charge in [-0.1, -0.05) is 30.3 Å². The Balaban J connectivity index is 1.98. The molecule has 3 aromatic rings. The Morgan fingerprint density at radius 2 is 1.61 bits per heavy atom. The SMILES string of the molecule is COc1ccc(S(=O)(=O)N(C)C)cc1NC(=O)c1ccccc1-c1ccc(C(F)(F)F)cc1. The highest BCUT2D eigenvalue weighted by atomic mass is 32.2. The number of methoxy groups -OCH3 is 1. The minimum atomic E-state index is -4.47. The highest BCUT2D eigenvalue weighted by molar-refractivity contribution is 7.89. The Hall–Kier alpha value is -3.37. The summed E-state index contributed by atoms with van der Waals surface area (Å²) in [5.74, 6) is -0.337. The second kappa shape index (κ2) is 9.24. The summed E-state index contributed by atoms with van der Waals surface area (Å²) in [6.45, 7) is 0. The maximum absolute atomic E-state index is 13.1. The molecule has 0 heterocycles. The number of halogens is 3. The third-order valence-corrected chi connectivity index (χ3v) is 6.70. The van der Waals surface area contributed by atoms with Gasteiger partial charge in [0.05, 0.1) is 23.3 Å². The highest BCUT2D eigenvalue weighted by Crippen LogP contribution is 2.33. The van der Waals surface area contributed by atoms with Crippen molar-refractivity contribution >= 4 is 21.6 Å². The number of amides is 1. The fourth-order valence-corrected chi connectivity index (χ4v) is 4.05. The number of rotatable bonds is 6. The van der Waals surface area contributed by atoms with Gasteiger partial charge < -0.3 is 10.1 Å². The third kappa shape index (κ3) is 5.18. The number of carbonyl (C=O) groups excluding carboxylic acids is 1. The number of anilines is 1. The molecule has 174 valence electrons. The summed E-state index contributed by atoms with van der Waals surface area (Å²) in [6, 6.07) is 15.0. The summed E-state index contributed by atoms with van der Waals surface area (Å²) in [4.78, 5) is 13.0. The lowest BCUT2D eigenvalue weighted by atomic mass is 9.98. The zero-order valence-electron chi connectivity index (χ0n) is 18.0. The maximum atomic E-state index is 13.1. The first-order valence-electron chi connectivity index (χ1n) is 9.63. The van der Waals surface area contributed by atoms with Crippen LogP contribution in [0.25, 0.3) is 11.1 Å². The largest absolute Gasteiger partial charge is 0.495 e. The summed E-state index contributed by atoms with van der Waals surface area (Å²) >= 11 is 0. The lowest BCUT2D eigenvalue weighted by Gasteiger charge is -2.16. The Bertz CT molecular complexity index is 1270. The molecule has 0 bridgehead atoms. The predicted octanol–water partition coefficient (Wildman–Crippen LogP) is 4.88. The van der Waals surface area contributed by atoms with Gasteiger partial charge in [-0.15, -0.1) is 0 Å². The van der Waals surface area contributed by atoms with Gasteiger partial charge in [0.1, 0.15) is 5.75 Å². The van der Waals surface area contributed by atoms with Gasteiger partial charge in [0.25, 0.3) is 5.91 Å². The van der Waals surface area contributed by atoms with Gasteiger partial charge in [-0.2, -0.15) is 13.2 Å². The van der Waals surface area contributed by atoms with Gasteiger partial charge in [0.15, 0.2) is 0 Å². The molecule has 0 aliphatic heterocycles. The topological polar surface area (TPSA) is 75.7 Å². The van der Waals surface area contributed by atoms with Crippen molar-refractivity contribution in [2.75, 3.05) is 26.5 Å². The number of nitrogens with one attached hydrogen (secondary N) is 1. The normalized spacial score (nSPS) is 12.0. The fraction of sp³-hybridized carbons (Fsp3) is 0.174. The molecule has 3 aromatic carbocycles. The van der Waals surface area contributed by atoms with Crippen LogP contribution < -0.4 is 10.1 Å². The van der Waals surface area contributed by atoms with E-state index in [1.165, 1.54) is 57.6 Å². The molecule has 0 spiro atoms. The molecule has 3 rings (SSSR count). The first-order valence-corrected chi connectivity index (χ1v) is 11.1. The molecule has 0 saturated carbocycles. The Morgan fingerprint density at radius 1 is 0.970 bits per heavy atom. The van der Waals surface area contributed by atoms with Crippen LogP contribution in [0.3, 0.4) is 0 Å². The van der Waals surface area contributed by atoms with Crippen molar-refractivity contribution in [3.05, 3.63) is 77.9 Å². The zero-order chi connectivity index (χ0) is 24.4. The van der Waals surface area contributed by atoms with Crippen LogP contribution in [0.5, 0.6) is 5.75 Å². The van der Waals surface area contributed by atoms with Crippen LogP contribution in [-0.4, -0.2) is 39.8 Å². The minimum absolute atomic E-state index is 0.0420. The maximum Gasteiger partial charge on any atom is 0.416 e. The van der Waals surface area contributed by atoms with Crippen molar-refractivity contribution in [3.8, 4) is 16.9 Å². The van der Waals surface area contributed by atoms with Crippen molar-refractivity contribution in [2.24, 2.45) is 0 Å². The minimum Gasteiger partial charge on any atom is -0.495 e. The first-order chi connectivity index (χ1) is 15.4. The van der Waals surface area contributed by atoms with Crippen LogP contribution >= 0.6 is 0 Å². The average Bonchev–Trinajstić information content (AvgIpc) is 2.78. The molecular formula is C23H21F3N2O4S. The number of carbonyl (C=O) groups is 1. The summed E-state index contributed by atoms with van der Waals surface area (Å²) in [5.41, 5.74) is 0.370. The van der Waals surface area contributed by atoms with E-state index >= 15 is 0 Å². The lowest BCUT2D eigenvalue weighted by Crippen LogP contribution is -2.22. The van der Waals surface area contributed by atoms with Crippen LogP contribution in [0, 0.1) is 0 Å². The molecule has 33 heavy (non-hydrogen) atoms. The summed E-state index contributed by atoms with van der Waals surface area (Å²) in [5, 5.41) is 2.65. The number of sulfonamides is 1. The number of benzene rings is 3. The second-order valence-corrected chi connectivity index (χ2v) is 9.38. The monoisotopic (exact) mass is 478 g/mol. The molecule has 0 aromatic heterocycles. The summed E-state index contributed by atoms with van der Waals surface area (Å²) in [7, 11) is 0.393. The molecular weight excluding hydrogens is 457 g/mol. The molecule has 0 radical (unpaired) electrons. The van der Waals surface area contributed by atoms with E-state index < -0.39 is 27.7 Å². The quantitative estimate of drug-likeness (QED) is 0.548. The van der Waals surface area contributed by atoms with Crippen LogP contribution in [0.2, 0.25) is 0 Å². The van der Waals surface area contributed by atoms with Crippen LogP contribution in [0.4, 0.5) is 18.9 Å². The van der Waals surface area contributed by atoms with E-state index in [4.69, 9.17) is 4.74 Å². The molecule has 0 fully saturated rings. The molecule has 0 unspecified atom stereocenters. The fourth-order valence-electron chi connectivity index (χ4n) is 3.12. The van der Waals surface area contributed by atoms with E-state index in [9.17, 15) is 26.4 Å². The van der Waals surface area contributed by atoms with E-state index in [1.54, 1.807) is 18.2 Å². The van der Waals surface area contributed by atoms with Crippen molar-refractivity contribution in [1.29, 1.82) is 0 Å². The van der Waals surface area contributed by atoms with E-state index in [0.29, 0.717) is 11.1 Å². The van der Waals surface area contributed by atoms with Gasteiger partial charge >= 0.3 is 6.18 Å². The number of ether oxygens (including phenoxy) is 1. The van der Waals surface area contributed by atoms with Crippen molar-refractivity contribution in [1.82, 2.24) is 4.31 Å². The van der Waals surface area contributed by atoms with E-state index in [-0.39, 0.29) is 21.9 Å². The highest BCUT2D eigenvalue weighted by Gasteiger charge is 2.30. The van der Waals surface area contributed by atoms with Crippen LogP contribution in [-0.2, 0) is 16.2 Å². The van der Waals surface area contributed by atoms with Crippen LogP contribution in [0.1, 0.15) is 15.9 Å². The zero-order valence-corrected chi connectivity index (χ0v) is 18.8. The molecule has 10 heteroatoms. The van der Waals surface area contributed by atoms with Gasteiger partial charge in [0.2, 0.25) is 10.0 Å². The first kappa shape index (κ1) is 24.3. The molecule has 0 aliphatic rings. The summed E-state index contributed by atoms with van der Waals surface area (Å²) < 4.78 is 69.9. The molecule has 1 N–H and O–H groups in total. The number of nitrogens with zero attached hydrogens (tertiary/aromatic N) is 1. The third-order valence-electron chi connectivity index (χ3n) is 4.89. The predicted molar refractivity (Wildman–Crippen MR) is 119 cm³/mol. The van der Waals surface area contributed by atoms with Crippen molar-refractivity contribution < 1.29 is 31.1 Å². The van der Waals surface area contributed by atoms with E-state index in [1.807, 2.05) is 0 Å². The number of hydrogen-bond acceptors (Lipinski definition) is 4. The van der Waals surface area contributed by atoms with Crippen molar-refractivity contribution in [3.63, 3.8) is 0 Å². The molecule has 1 amide bonds.